The molecule has 94 heavy (non-hydrogen) atoms. The van der Waals surface area contributed by atoms with Gasteiger partial charge in [-0.1, -0.05) is 386 Å². The zero-order valence-electron chi connectivity index (χ0n) is 61.2. The maximum Gasteiger partial charge on any atom is 0.220 e. The van der Waals surface area contributed by atoms with E-state index in [1.54, 1.807) is 6.08 Å². The fraction of sp³-hybridized carbons (Fsp3) is 0.963. The van der Waals surface area contributed by atoms with Crippen molar-refractivity contribution in [2.75, 3.05) is 19.8 Å². The number of carbonyl (C=O) groups is 1. The molecule has 2 rings (SSSR count). The van der Waals surface area contributed by atoms with Crippen molar-refractivity contribution in [3.63, 3.8) is 0 Å². The molecule has 2 saturated heterocycles. The van der Waals surface area contributed by atoms with Crippen molar-refractivity contribution < 1.29 is 64.6 Å². The fourth-order valence-corrected chi connectivity index (χ4v) is 14.0. The summed E-state index contributed by atoms with van der Waals surface area (Å²) in [4.78, 5) is 13.4. The number of rotatable bonds is 70. The van der Waals surface area contributed by atoms with Gasteiger partial charge < -0.3 is 65.1 Å². The van der Waals surface area contributed by atoms with Crippen LogP contribution >= 0.6 is 0 Å². The van der Waals surface area contributed by atoms with Gasteiger partial charge in [-0.25, -0.2) is 0 Å². The molecule has 0 aromatic heterocycles. The Kier molecular flexibility index (Phi) is 61.5. The van der Waals surface area contributed by atoms with Crippen LogP contribution in [-0.4, -0.2) is 140 Å². The Balaban J connectivity index is 1.60. The fourth-order valence-electron chi connectivity index (χ4n) is 14.0. The van der Waals surface area contributed by atoms with Gasteiger partial charge in [0.05, 0.1) is 32.0 Å². The summed E-state index contributed by atoms with van der Waals surface area (Å²) in [5, 5.41) is 87.7. The molecule has 0 spiro atoms. The molecule has 12 atom stereocenters. The minimum atomic E-state index is -1.79. The molecular formula is C80H155NO13. The van der Waals surface area contributed by atoms with Crippen LogP contribution in [0.2, 0.25) is 0 Å². The third kappa shape index (κ3) is 47.7. The molecule has 2 aliphatic rings. The summed E-state index contributed by atoms with van der Waals surface area (Å²) in [5.74, 6) is -0.228. The molecule has 2 heterocycles. The Hall–Kier alpha value is -1.27. The Bertz CT molecular complexity index is 1620. The van der Waals surface area contributed by atoms with E-state index in [-0.39, 0.29) is 18.9 Å². The highest BCUT2D eigenvalue weighted by Crippen LogP contribution is 2.30. The Morgan fingerprint density at radius 1 is 0.372 bits per heavy atom. The quantitative estimate of drug-likeness (QED) is 0.0204. The van der Waals surface area contributed by atoms with Gasteiger partial charge in [0.1, 0.15) is 48.8 Å². The topological polar surface area (TPSA) is 228 Å². The molecular weight excluding hydrogens is 1180 g/mol. The lowest BCUT2D eigenvalue weighted by molar-refractivity contribution is -0.359. The number of aliphatic hydroxyl groups is 8. The molecule has 0 aliphatic carbocycles. The van der Waals surface area contributed by atoms with Gasteiger partial charge in [-0.15, -0.1) is 0 Å². The lowest BCUT2D eigenvalue weighted by Crippen LogP contribution is -2.65. The van der Waals surface area contributed by atoms with Crippen LogP contribution in [0.1, 0.15) is 399 Å². The van der Waals surface area contributed by atoms with Crippen molar-refractivity contribution in [3.8, 4) is 0 Å². The van der Waals surface area contributed by atoms with Gasteiger partial charge in [0.15, 0.2) is 12.6 Å². The molecule has 558 valence electrons. The maximum absolute atomic E-state index is 13.4. The normalized spacial score (nSPS) is 22.4. The molecule has 2 aliphatic heterocycles. The lowest BCUT2D eigenvalue weighted by Gasteiger charge is -2.46. The first kappa shape index (κ1) is 88.8. The van der Waals surface area contributed by atoms with Crippen molar-refractivity contribution in [2.45, 2.75) is 473 Å². The van der Waals surface area contributed by atoms with Crippen LogP contribution in [0.25, 0.3) is 0 Å². The van der Waals surface area contributed by atoms with Crippen molar-refractivity contribution in [3.05, 3.63) is 12.2 Å². The number of unbranched alkanes of at least 4 members (excludes halogenated alkanes) is 57. The van der Waals surface area contributed by atoms with Crippen molar-refractivity contribution in [2.24, 2.45) is 0 Å². The standard InChI is InChI=1S/C80H155NO13/c1-3-5-7-9-11-13-15-17-19-21-23-25-27-29-31-32-33-34-35-36-38-40-42-44-46-48-50-52-54-56-58-60-62-64-72(85)81-68(67-91-79-77(90)75(88)78(71(66-83)93-79)94-80-76(89)74(87)73(86)70(65-82)92-80)69(84)63-61-59-57-55-53-51-49-47-45-43-41-39-37-30-28-26-24-22-20-18-16-14-12-10-8-6-4-2/h61,63,68-71,73-80,82-84,86-90H,3-60,62,64-67H2,1-2H3,(H,81,85)/b63-61+. The molecule has 0 bridgehead atoms. The summed E-state index contributed by atoms with van der Waals surface area (Å²) in [6.45, 7) is 2.88. The lowest BCUT2D eigenvalue weighted by atomic mass is 9.97. The molecule has 14 nitrogen and oxygen atoms in total. The average Bonchev–Trinajstić information content (AvgIpc) is 0.794. The second-order valence-corrected chi connectivity index (χ2v) is 29.3. The van der Waals surface area contributed by atoms with E-state index in [4.69, 9.17) is 18.9 Å². The zero-order valence-corrected chi connectivity index (χ0v) is 61.2. The highest BCUT2D eigenvalue weighted by Gasteiger charge is 2.51. The second kappa shape index (κ2) is 65.1. The molecule has 0 aromatic rings. The van der Waals surface area contributed by atoms with Crippen LogP contribution in [-0.2, 0) is 23.7 Å². The van der Waals surface area contributed by atoms with E-state index >= 15 is 0 Å². The van der Waals surface area contributed by atoms with Gasteiger partial charge in [-0.2, -0.15) is 0 Å². The Labute approximate surface area is 577 Å². The first-order chi connectivity index (χ1) is 46.1. The van der Waals surface area contributed by atoms with E-state index < -0.39 is 86.8 Å². The smallest absolute Gasteiger partial charge is 0.220 e. The first-order valence-corrected chi connectivity index (χ1v) is 40.9. The predicted octanol–water partition coefficient (Wildman–Crippen LogP) is 18.5. The molecule has 1 amide bonds. The van der Waals surface area contributed by atoms with Gasteiger partial charge in [-0.3, -0.25) is 4.79 Å². The SMILES string of the molecule is CCCCCCCCCCCCCCCCCCCCCCCCCCC/C=C/C(O)C(COC1OC(CO)C(OC2OC(CO)C(O)C(O)C2O)C(O)C1O)NC(=O)CCCCCCCCCCCCCCCCCCCCCCCCCCCCCCCCCCC. The van der Waals surface area contributed by atoms with E-state index in [0.717, 1.165) is 44.9 Å². The minimum Gasteiger partial charge on any atom is -0.394 e. The average molecular weight is 1340 g/mol. The van der Waals surface area contributed by atoms with Crippen LogP contribution in [0.4, 0.5) is 0 Å². The minimum absolute atomic E-state index is 0.228. The van der Waals surface area contributed by atoms with Gasteiger partial charge in [-0.05, 0) is 19.3 Å². The van der Waals surface area contributed by atoms with E-state index in [0.29, 0.717) is 0 Å². The first-order valence-electron chi connectivity index (χ1n) is 40.9. The Morgan fingerprint density at radius 2 is 0.660 bits per heavy atom. The second-order valence-electron chi connectivity index (χ2n) is 29.3. The predicted molar refractivity (Wildman–Crippen MR) is 388 cm³/mol. The molecule has 0 saturated carbocycles. The number of nitrogens with one attached hydrogen (secondary N) is 1. The monoisotopic (exact) mass is 1340 g/mol. The maximum atomic E-state index is 13.4. The highest BCUT2D eigenvalue weighted by molar-refractivity contribution is 5.76. The number of allylic oxidation sites excluding steroid dienone is 1. The third-order valence-corrected chi connectivity index (χ3v) is 20.5. The number of amides is 1. The van der Waals surface area contributed by atoms with Gasteiger partial charge >= 0.3 is 0 Å². The third-order valence-electron chi connectivity index (χ3n) is 20.5. The summed E-state index contributed by atoms with van der Waals surface area (Å²) < 4.78 is 22.9. The molecule has 14 heteroatoms. The largest absolute Gasteiger partial charge is 0.394 e. The highest BCUT2D eigenvalue weighted by atomic mass is 16.7. The zero-order chi connectivity index (χ0) is 68.0. The van der Waals surface area contributed by atoms with E-state index in [2.05, 4.69) is 19.2 Å². The molecule has 0 aromatic carbocycles. The van der Waals surface area contributed by atoms with Crippen molar-refractivity contribution in [1.82, 2.24) is 5.32 Å². The molecule has 2 fully saturated rings. The number of hydrogen-bond acceptors (Lipinski definition) is 13. The summed E-state index contributed by atoms with van der Waals surface area (Å²) in [6, 6.07) is -0.912. The van der Waals surface area contributed by atoms with Crippen molar-refractivity contribution in [1.29, 1.82) is 0 Å². The summed E-state index contributed by atoms with van der Waals surface area (Å²) in [5.41, 5.74) is 0. The summed E-state index contributed by atoms with van der Waals surface area (Å²) >= 11 is 0. The van der Waals surface area contributed by atoms with Gasteiger partial charge in [0, 0.05) is 6.42 Å². The Morgan fingerprint density at radius 3 is 0.979 bits per heavy atom. The van der Waals surface area contributed by atoms with E-state index in [1.165, 1.54) is 334 Å². The molecule has 12 unspecified atom stereocenters. The van der Waals surface area contributed by atoms with Crippen LogP contribution in [0.3, 0.4) is 0 Å². The van der Waals surface area contributed by atoms with E-state index in [9.17, 15) is 45.6 Å². The number of ether oxygens (including phenoxy) is 4. The summed E-state index contributed by atoms with van der Waals surface area (Å²) in [6.07, 6.45) is 65.9. The number of hydrogen-bond donors (Lipinski definition) is 9. The van der Waals surface area contributed by atoms with Crippen LogP contribution in [0.15, 0.2) is 12.2 Å². The van der Waals surface area contributed by atoms with Gasteiger partial charge in [0.2, 0.25) is 5.91 Å². The summed E-state index contributed by atoms with van der Waals surface area (Å²) in [7, 11) is 0. The number of carbonyl (C=O) groups excluding carboxylic acids is 1. The molecule has 9 N–H and O–H groups in total. The van der Waals surface area contributed by atoms with E-state index in [1.807, 2.05) is 6.08 Å². The number of aliphatic hydroxyl groups excluding tert-OH is 8. The van der Waals surface area contributed by atoms with Crippen molar-refractivity contribution >= 4 is 5.91 Å². The van der Waals surface area contributed by atoms with Crippen LogP contribution in [0.5, 0.6) is 0 Å². The van der Waals surface area contributed by atoms with Crippen LogP contribution < -0.4 is 5.32 Å². The van der Waals surface area contributed by atoms with Gasteiger partial charge in [0.25, 0.3) is 0 Å². The van der Waals surface area contributed by atoms with Crippen LogP contribution in [0, 0.1) is 0 Å². The molecule has 0 radical (unpaired) electrons.